The van der Waals surface area contributed by atoms with E-state index in [1.165, 1.54) is 35.1 Å². The molecule has 25 heavy (non-hydrogen) atoms. The first-order chi connectivity index (χ1) is 12.1. The van der Waals surface area contributed by atoms with E-state index in [9.17, 15) is 14.9 Å². The molecule has 124 valence electrons. The lowest BCUT2D eigenvalue weighted by atomic mass is 10.1. The van der Waals surface area contributed by atoms with Gasteiger partial charge in [-0.15, -0.1) is 11.3 Å². The van der Waals surface area contributed by atoms with Crippen molar-refractivity contribution < 1.29 is 9.72 Å². The number of carbonyl (C=O) groups excluding carboxylic acids is 1. The molecule has 5 heteroatoms. The van der Waals surface area contributed by atoms with Gasteiger partial charge in [0.2, 0.25) is 0 Å². The molecule has 3 aromatic rings. The Labute approximate surface area is 149 Å². The molecule has 3 rings (SSSR count). The average Bonchev–Trinajstić information content (AvgIpc) is 3.09. The minimum atomic E-state index is -0.451. The van der Waals surface area contributed by atoms with Crippen molar-refractivity contribution >= 4 is 28.9 Å². The third kappa shape index (κ3) is 4.28. The Morgan fingerprint density at radius 1 is 1.00 bits per heavy atom. The number of nitro groups is 1. The number of para-hydroxylation sites is 1. The van der Waals surface area contributed by atoms with Crippen LogP contribution < -0.4 is 0 Å². The van der Waals surface area contributed by atoms with Gasteiger partial charge < -0.3 is 0 Å². The first kappa shape index (κ1) is 16.8. The monoisotopic (exact) mass is 349 g/mol. The zero-order valence-corrected chi connectivity index (χ0v) is 14.1. The van der Waals surface area contributed by atoms with Gasteiger partial charge in [0.05, 0.1) is 15.4 Å². The Morgan fingerprint density at radius 3 is 2.48 bits per heavy atom. The summed E-state index contributed by atoms with van der Waals surface area (Å²) in [6, 6.07) is 20.2. The molecule has 0 atom stereocenters. The first-order valence-corrected chi connectivity index (χ1v) is 8.53. The Morgan fingerprint density at radius 2 is 1.72 bits per heavy atom. The number of hydrogen-bond donors (Lipinski definition) is 0. The molecule has 0 N–H and O–H groups in total. The normalized spacial score (nSPS) is 10.9. The number of allylic oxidation sites excluding steroid dienone is 1. The molecule has 0 spiro atoms. The van der Waals surface area contributed by atoms with Gasteiger partial charge in [-0.3, -0.25) is 14.9 Å². The Balaban J connectivity index is 1.73. The van der Waals surface area contributed by atoms with E-state index >= 15 is 0 Å². The van der Waals surface area contributed by atoms with E-state index < -0.39 is 4.92 Å². The Kier molecular flexibility index (Phi) is 5.16. The summed E-state index contributed by atoms with van der Waals surface area (Å²) in [7, 11) is 0. The summed E-state index contributed by atoms with van der Waals surface area (Å²) in [5.74, 6) is -0.150. The molecule has 0 fully saturated rings. The lowest BCUT2D eigenvalue weighted by Crippen LogP contribution is -1.92. The molecule has 2 aromatic carbocycles. The highest BCUT2D eigenvalue weighted by Crippen LogP contribution is 2.22. The van der Waals surface area contributed by atoms with Crippen LogP contribution >= 0.6 is 11.3 Å². The minimum Gasteiger partial charge on any atom is -0.288 e. The van der Waals surface area contributed by atoms with E-state index in [-0.39, 0.29) is 11.5 Å². The fraction of sp³-hybridized carbons (Fsp3) is 0.0500. The number of ketones is 1. The van der Waals surface area contributed by atoms with Crippen LogP contribution in [0.2, 0.25) is 0 Å². The summed E-state index contributed by atoms with van der Waals surface area (Å²) >= 11 is 1.45. The number of thiophene rings is 1. The molecule has 0 saturated heterocycles. The summed E-state index contributed by atoms with van der Waals surface area (Å²) in [5.41, 5.74) is 1.60. The number of nitrogens with zero attached hydrogens (tertiary/aromatic N) is 1. The lowest BCUT2D eigenvalue weighted by Gasteiger charge is -1.97. The standard InChI is InChI=1S/C20H15NO3S/c22-19(12-10-16-8-4-5-9-18(16)21(23)24)20-13-11-17(25-20)14-15-6-2-1-3-7-15/h1-13H,14H2/b12-10+. The van der Waals surface area contributed by atoms with Crippen molar-refractivity contribution in [3.8, 4) is 0 Å². The zero-order chi connectivity index (χ0) is 17.6. The summed E-state index contributed by atoms with van der Waals surface area (Å²) in [4.78, 5) is 24.6. The van der Waals surface area contributed by atoms with Crippen LogP contribution in [0, 0.1) is 10.1 Å². The second-order valence-corrected chi connectivity index (χ2v) is 6.61. The van der Waals surface area contributed by atoms with Crippen LogP contribution in [0.5, 0.6) is 0 Å². The molecular weight excluding hydrogens is 334 g/mol. The van der Waals surface area contributed by atoms with Crippen LogP contribution in [0.1, 0.15) is 25.7 Å². The van der Waals surface area contributed by atoms with Gasteiger partial charge in [0, 0.05) is 17.4 Å². The summed E-state index contributed by atoms with van der Waals surface area (Å²) < 4.78 is 0. The molecule has 1 aromatic heterocycles. The van der Waals surface area contributed by atoms with Crippen molar-refractivity contribution in [1.82, 2.24) is 0 Å². The Hall–Kier alpha value is -3.05. The van der Waals surface area contributed by atoms with Gasteiger partial charge in [-0.05, 0) is 35.9 Å². The van der Waals surface area contributed by atoms with Gasteiger partial charge in [0.1, 0.15) is 0 Å². The maximum atomic E-state index is 12.3. The van der Waals surface area contributed by atoms with Crippen molar-refractivity contribution in [1.29, 1.82) is 0 Å². The molecule has 0 amide bonds. The highest BCUT2D eigenvalue weighted by molar-refractivity contribution is 7.14. The van der Waals surface area contributed by atoms with Crippen molar-refractivity contribution in [3.63, 3.8) is 0 Å². The highest BCUT2D eigenvalue weighted by Gasteiger charge is 2.11. The maximum Gasteiger partial charge on any atom is 0.276 e. The van der Waals surface area contributed by atoms with Gasteiger partial charge >= 0.3 is 0 Å². The SMILES string of the molecule is O=C(/C=C/c1ccccc1[N+](=O)[O-])c1ccc(Cc2ccccc2)s1. The molecule has 4 nitrogen and oxygen atoms in total. The second kappa shape index (κ2) is 7.68. The van der Waals surface area contributed by atoms with Gasteiger partial charge in [0.25, 0.3) is 5.69 Å². The number of nitro benzene ring substituents is 1. The largest absolute Gasteiger partial charge is 0.288 e. The van der Waals surface area contributed by atoms with Crippen molar-refractivity contribution in [2.75, 3.05) is 0 Å². The predicted octanol–water partition coefficient (Wildman–Crippen LogP) is 5.14. The van der Waals surface area contributed by atoms with Gasteiger partial charge in [-0.1, -0.05) is 42.5 Å². The van der Waals surface area contributed by atoms with Crippen LogP contribution in [0.15, 0.2) is 72.8 Å². The van der Waals surface area contributed by atoms with Crippen LogP contribution in [-0.4, -0.2) is 10.7 Å². The predicted molar refractivity (Wildman–Crippen MR) is 100 cm³/mol. The van der Waals surface area contributed by atoms with E-state index in [1.54, 1.807) is 24.3 Å². The number of rotatable bonds is 6. The number of benzene rings is 2. The lowest BCUT2D eigenvalue weighted by molar-refractivity contribution is -0.385. The molecule has 0 bridgehead atoms. The fourth-order valence-electron chi connectivity index (χ4n) is 2.44. The third-order valence-corrected chi connectivity index (χ3v) is 4.77. The average molecular weight is 349 g/mol. The van der Waals surface area contributed by atoms with Crippen LogP contribution in [0.3, 0.4) is 0 Å². The quantitative estimate of drug-likeness (QED) is 0.268. The number of hydrogen-bond acceptors (Lipinski definition) is 4. The minimum absolute atomic E-state index is 0.0116. The van der Waals surface area contributed by atoms with Crippen molar-refractivity contribution in [2.24, 2.45) is 0 Å². The molecule has 0 aliphatic heterocycles. The second-order valence-electron chi connectivity index (χ2n) is 5.44. The smallest absolute Gasteiger partial charge is 0.276 e. The Bertz CT molecular complexity index is 929. The first-order valence-electron chi connectivity index (χ1n) is 7.72. The number of carbonyl (C=O) groups is 1. The molecule has 0 aliphatic rings. The van der Waals surface area contributed by atoms with Gasteiger partial charge in [-0.2, -0.15) is 0 Å². The molecule has 0 unspecified atom stereocenters. The summed E-state index contributed by atoms with van der Waals surface area (Å²) in [6.07, 6.45) is 3.67. The van der Waals surface area contributed by atoms with Crippen molar-refractivity contribution in [2.45, 2.75) is 6.42 Å². The molecule has 0 saturated carbocycles. The van der Waals surface area contributed by atoms with E-state index in [0.717, 1.165) is 11.3 Å². The van der Waals surface area contributed by atoms with E-state index in [4.69, 9.17) is 0 Å². The van der Waals surface area contributed by atoms with Crippen molar-refractivity contribution in [3.05, 3.63) is 104 Å². The zero-order valence-electron chi connectivity index (χ0n) is 13.3. The van der Waals surface area contributed by atoms with Crippen LogP contribution in [-0.2, 0) is 6.42 Å². The van der Waals surface area contributed by atoms with Gasteiger partial charge in [-0.25, -0.2) is 0 Å². The maximum absolute atomic E-state index is 12.3. The summed E-state index contributed by atoms with van der Waals surface area (Å²) in [6.45, 7) is 0. The topological polar surface area (TPSA) is 60.2 Å². The van der Waals surface area contributed by atoms with Crippen LogP contribution in [0.25, 0.3) is 6.08 Å². The highest BCUT2D eigenvalue weighted by atomic mass is 32.1. The van der Waals surface area contributed by atoms with E-state index in [2.05, 4.69) is 12.1 Å². The van der Waals surface area contributed by atoms with Gasteiger partial charge in [0.15, 0.2) is 5.78 Å². The molecule has 0 radical (unpaired) electrons. The third-order valence-electron chi connectivity index (χ3n) is 3.67. The van der Waals surface area contributed by atoms with E-state index in [1.807, 2.05) is 24.3 Å². The van der Waals surface area contributed by atoms with E-state index in [0.29, 0.717) is 10.4 Å². The van der Waals surface area contributed by atoms with Crippen LogP contribution in [0.4, 0.5) is 5.69 Å². The summed E-state index contributed by atoms with van der Waals surface area (Å²) in [5, 5.41) is 11.0. The molecular formula is C20H15NO3S. The molecule has 1 heterocycles. The fourth-order valence-corrected chi connectivity index (χ4v) is 3.41. The molecule has 0 aliphatic carbocycles.